The van der Waals surface area contributed by atoms with Crippen molar-refractivity contribution in [1.29, 1.82) is 0 Å². The fourth-order valence-electron chi connectivity index (χ4n) is 0.623. The predicted molar refractivity (Wildman–Crippen MR) is 40.4 cm³/mol. The second kappa shape index (κ2) is 3.18. The predicted octanol–water partition coefficient (Wildman–Crippen LogP) is 1.03. The van der Waals surface area contributed by atoms with Crippen LogP contribution in [-0.2, 0) is 0 Å². The van der Waals surface area contributed by atoms with Crippen molar-refractivity contribution in [3.63, 3.8) is 0 Å². The summed E-state index contributed by atoms with van der Waals surface area (Å²) in [4.78, 5) is 0. The van der Waals surface area contributed by atoms with Crippen LogP contribution in [0.2, 0.25) is 0 Å². The molecule has 0 saturated heterocycles. The Kier molecular flexibility index (Phi) is 2.48. The number of hydrogen-bond acceptors (Lipinski definition) is 3. The van der Waals surface area contributed by atoms with E-state index in [2.05, 4.69) is 15.9 Å². The molecule has 3 nitrogen and oxygen atoms in total. The van der Waals surface area contributed by atoms with E-state index < -0.39 is 0 Å². The fraction of sp³-hybridized carbons (Fsp3) is 0.333. The Morgan fingerprint density at radius 1 is 1.80 bits per heavy atom. The molecule has 0 bridgehead atoms. The van der Waals surface area contributed by atoms with Gasteiger partial charge in [0.2, 0.25) is 0 Å². The highest BCUT2D eigenvalue weighted by atomic mass is 79.9. The number of rotatable bonds is 2. The van der Waals surface area contributed by atoms with E-state index in [1.807, 2.05) is 0 Å². The van der Waals surface area contributed by atoms with Gasteiger partial charge in [-0.15, -0.1) is 0 Å². The Labute approximate surface area is 67.0 Å². The van der Waals surface area contributed by atoms with Gasteiger partial charge in [0.25, 0.3) is 0 Å². The van der Waals surface area contributed by atoms with Crippen LogP contribution in [0.5, 0.6) is 0 Å². The molecule has 1 unspecified atom stereocenters. The largest absolute Gasteiger partial charge is 0.457 e. The first-order valence-corrected chi connectivity index (χ1v) is 3.63. The van der Waals surface area contributed by atoms with E-state index in [-0.39, 0.29) is 12.6 Å². The number of halogens is 1. The van der Waals surface area contributed by atoms with Crippen molar-refractivity contribution in [3.8, 4) is 0 Å². The molecular weight excluding hydrogens is 198 g/mol. The molecule has 0 aliphatic carbocycles. The van der Waals surface area contributed by atoms with Gasteiger partial charge in [-0.1, -0.05) is 0 Å². The van der Waals surface area contributed by atoms with Gasteiger partial charge in [-0.3, -0.25) is 0 Å². The lowest BCUT2D eigenvalue weighted by atomic mass is 10.2. The van der Waals surface area contributed by atoms with E-state index in [1.54, 1.807) is 6.07 Å². The van der Waals surface area contributed by atoms with Gasteiger partial charge in [-0.25, -0.2) is 0 Å². The molecule has 56 valence electrons. The molecule has 1 atom stereocenters. The van der Waals surface area contributed by atoms with Crippen molar-refractivity contribution in [1.82, 2.24) is 0 Å². The van der Waals surface area contributed by atoms with Crippen LogP contribution in [0, 0.1) is 0 Å². The van der Waals surface area contributed by atoms with Gasteiger partial charge >= 0.3 is 0 Å². The first-order valence-electron chi connectivity index (χ1n) is 2.84. The molecule has 10 heavy (non-hydrogen) atoms. The Bertz CT molecular complexity index is 211. The number of furan rings is 1. The maximum Gasteiger partial charge on any atom is 0.169 e. The molecular formula is C6H8BrNO2. The number of aliphatic hydroxyl groups is 1. The molecule has 0 aliphatic heterocycles. The smallest absolute Gasteiger partial charge is 0.169 e. The van der Waals surface area contributed by atoms with Crippen LogP contribution in [0.3, 0.4) is 0 Å². The number of hydrogen-bond donors (Lipinski definition) is 2. The quantitative estimate of drug-likeness (QED) is 0.759. The minimum Gasteiger partial charge on any atom is -0.457 e. The number of aliphatic hydroxyl groups excluding tert-OH is 1. The van der Waals surface area contributed by atoms with E-state index in [1.165, 1.54) is 6.26 Å². The molecule has 1 aromatic rings. The summed E-state index contributed by atoms with van der Waals surface area (Å²) in [6.45, 7) is -0.0635. The van der Waals surface area contributed by atoms with Crippen LogP contribution < -0.4 is 5.73 Å². The lowest BCUT2D eigenvalue weighted by Gasteiger charge is -2.01. The Morgan fingerprint density at radius 2 is 2.50 bits per heavy atom. The molecule has 0 fully saturated rings. The van der Waals surface area contributed by atoms with Crippen LogP contribution in [0.15, 0.2) is 21.4 Å². The van der Waals surface area contributed by atoms with Gasteiger partial charge in [0.1, 0.15) is 0 Å². The molecule has 0 spiro atoms. The number of nitrogens with two attached hydrogens (primary N) is 1. The monoisotopic (exact) mass is 205 g/mol. The van der Waals surface area contributed by atoms with Crippen molar-refractivity contribution in [3.05, 3.63) is 22.6 Å². The highest BCUT2D eigenvalue weighted by Crippen LogP contribution is 2.18. The van der Waals surface area contributed by atoms with Gasteiger partial charge in [0.15, 0.2) is 4.67 Å². The summed E-state index contributed by atoms with van der Waals surface area (Å²) < 4.78 is 5.54. The van der Waals surface area contributed by atoms with Gasteiger partial charge in [0, 0.05) is 5.56 Å². The van der Waals surface area contributed by atoms with Crippen molar-refractivity contribution < 1.29 is 9.52 Å². The van der Waals surface area contributed by atoms with Crippen molar-refractivity contribution in [2.75, 3.05) is 6.61 Å². The van der Waals surface area contributed by atoms with Crippen LogP contribution in [-0.4, -0.2) is 11.7 Å². The van der Waals surface area contributed by atoms with Crippen LogP contribution >= 0.6 is 15.9 Å². The zero-order valence-electron chi connectivity index (χ0n) is 5.25. The third-order valence-corrected chi connectivity index (χ3v) is 1.63. The summed E-state index contributed by atoms with van der Waals surface area (Å²) in [5.41, 5.74) is 6.28. The van der Waals surface area contributed by atoms with Crippen molar-refractivity contribution in [2.45, 2.75) is 6.04 Å². The summed E-state index contributed by atoms with van der Waals surface area (Å²) in [7, 11) is 0. The van der Waals surface area contributed by atoms with E-state index >= 15 is 0 Å². The Balaban J connectivity index is 2.74. The molecule has 0 aromatic carbocycles. The van der Waals surface area contributed by atoms with E-state index in [4.69, 9.17) is 15.3 Å². The van der Waals surface area contributed by atoms with Crippen molar-refractivity contribution >= 4 is 15.9 Å². The lowest BCUT2D eigenvalue weighted by Crippen LogP contribution is -2.13. The molecule has 4 heteroatoms. The zero-order valence-corrected chi connectivity index (χ0v) is 6.84. The standard InChI is InChI=1S/C6H8BrNO2/c7-6-1-4(3-10-6)5(8)2-9/h1,3,5,9H,2,8H2. The SMILES string of the molecule is NC(CO)c1coc(Br)c1. The van der Waals surface area contributed by atoms with E-state index in [0.717, 1.165) is 5.56 Å². The third-order valence-electron chi connectivity index (χ3n) is 1.21. The molecule has 3 N–H and O–H groups in total. The second-order valence-electron chi connectivity index (χ2n) is 1.97. The Hall–Kier alpha value is -0.320. The maximum absolute atomic E-state index is 8.62. The van der Waals surface area contributed by atoms with Crippen LogP contribution in [0.1, 0.15) is 11.6 Å². The zero-order chi connectivity index (χ0) is 7.56. The minimum atomic E-state index is -0.338. The third kappa shape index (κ3) is 1.59. The summed E-state index contributed by atoms with van der Waals surface area (Å²) in [5.74, 6) is 0. The average molecular weight is 206 g/mol. The van der Waals surface area contributed by atoms with Crippen LogP contribution in [0.25, 0.3) is 0 Å². The van der Waals surface area contributed by atoms with Crippen molar-refractivity contribution in [2.24, 2.45) is 5.73 Å². The first-order chi connectivity index (χ1) is 4.74. The molecule has 1 aromatic heterocycles. The average Bonchev–Trinajstić information content (AvgIpc) is 2.34. The topological polar surface area (TPSA) is 59.4 Å². The van der Waals surface area contributed by atoms with Gasteiger partial charge in [-0.05, 0) is 22.0 Å². The molecule has 0 aliphatic rings. The highest BCUT2D eigenvalue weighted by Gasteiger charge is 2.06. The maximum atomic E-state index is 8.62. The summed E-state index contributed by atoms with van der Waals surface area (Å²) in [6.07, 6.45) is 1.52. The first kappa shape index (κ1) is 7.78. The minimum absolute atomic E-state index is 0.0635. The summed E-state index contributed by atoms with van der Waals surface area (Å²) in [6, 6.07) is 1.40. The molecule has 0 radical (unpaired) electrons. The Morgan fingerprint density at radius 3 is 2.90 bits per heavy atom. The van der Waals surface area contributed by atoms with Crippen LogP contribution in [0.4, 0.5) is 0 Å². The lowest BCUT2D eigenvalue weighted by molar-refractivity contribution is 0.267. The molecule has 1 heterocycles. The molecule has 0 amide bonds. The molecule has 0 saturated carbocycles. The summed E-state index contributed by atoms with van der Waals surface area (Å²) >= 11 is 3.13. The van der Waals surface area contributed by atoms with Gasteiger partial charge in [0.05, 0.1) is 18.9 Å². The highest BCUT2D eigenvalue weighted by molar-refractivity contribution is 9.10. The van der Waals surface area contributed by atoms with Gasteiger partial charge < -0.3 is 15.3 Å². The second-order valence-corrected chi connectivity index (χ2v) is 2.75. The fourth-order valence-corrected chi connectivity index (χ4v) is 0.981. The van der Waals surface area contributed by atoms with E-state index in [9.17, 15) is 0 Å². The van der Waals surface area contributed by atoms with Gasteiger partial charge in [-0.2, -0.15) is 0 Å². The molecule has 1 rings (SSSR count). The normalized spacial score (nSPS) is 13.5. The van der Waals surface area contributed by atoms with E-state index in [0.29, 0.717) is 4.67 Å². The summed E-state index contributed by atoms with van der Waals surface area (Å²) in [5, 5.41) is 8.62.